The molecule has 3 aromatic heterocycles. The first-order valence-electron chi connectivity index (χ1n) is 10.8. The van der Waals surface area contributed by atoms with Gasteiger partial charge in [0.25, 0.3) is 5.69 Å². The van der Waals surface area contributed by atoms with Crippen molar-refractivity contribution in [3.63, 3.8) is 0 Å². The maximum atomic E-state index is 10.8. The zero-order valence-corrected chi connectivity index (χ0v) is 18.7. The van der Waals surface area contributed by atoms with Gasteiger partial charge >= 0.3 is 0 Å². The number of nitriles is 1. The van der Waals surface area contributed by atoms with E-state index in [0.717, 1.165) is 11.1 Å². The Hall–Kier alpha value is -5.36. The number of nitro groups is 1. The molecule has 0 atom stereocenters. The number of nitrogens with zero attached hydrogens (tertiary/aromatic N) is 3. The number of ether oxygens (including phenoxy) is 1. The molecule has 0 fully saturated rings. The van der Waals surface area contributed by atoms with E-state index < -0.39 is 4.92 Å². The predicted octanol–water partition coefficient (Wildman–Crippen LogP) is 6.91. The van der Waals surface area contributed by atoms with Crippen molar-refractivity contribution in [1.29, 1.82) is 5.26 Å². The molecule has 9 heteroatoms. The monoisotopic (exact) mass is 479 g/mol. The normalized spacial score (nSPS) is 11.0. The van der Waals surface area contributed by atoms with Crippen LogP contribution in [0, 0.1) is 21.4 Å². The Bertz CT molecular complexity index is 1540. The highest BCUT2D eigenvalue weighted by atomic mass is 16.6. The fraction of sp³-hybridized carbons (Fsp3) is 0.0370. The van der Waals surface area contributed by atoms with E-state index in [1.165, 1.54) is 24.7 Å². The van der Waals surface area contributed by atoms with Crippen LogP contribution in [0.25, 0.3) is 22.8 Å². The summed E-state index contributed by atoms with van der Waals surface area (Å²) in [5, 5.41) is 20.6. The second-order valence-electron chi connectivity index (χ2n) is 7.59. The van der Waals surface area contributed by atoms with Crippen molar-refractivity contribution < 1.29 is 22.9 Å². The molecule has 5 aromatic rings. The van der Waals surface area contributed by atoms with Crippen LogP contribution in [-0.4, -0.2) is 11.1 Å². The minimum absolute atomic E-state index is 0.0334. The van der Waals surface area contributed by atoms with Crippen LogP contribution in [0.15, 0.2) is 104 Å². The third kappa shape index (κ3) is 4.64. The Kier molecular flexibility index (Phi) is 6.15. The molecule has 0 saturated carbocycles. The van der Waals surface area contributed by atoms with Crippen molar-refractivity contribution in [2.45, 2.75) is 6.61 Å². The van der Waals surface area contributed by atoms with Gasteiger partial charge in [0.05, 0.1) is 23.0 Å². The van der Waals surface area contributed by atoms with Crippen LogP contribution in [-0.2, 0) is 6.61 Å². The summed E-state index contributed by atoms with van der Waals surface area (Å²) in [7, 11) is 0. The summed E-state index contributed by atoms with van der Waals surface area (Å²) in [6.07, 6.45) is 4.62. The lowest BCUT2D eigenvalue weighted by molar-refractivity contribution is -0.384. The van der Waals surface area contributed by atoms with Crippen LogP contribution in [0.2, 0.25) is 0 Å². The van der Waals surface area contributed by atoms with Crippen LogP contribution >= 0.6 is 0 Å². The third-order valence-corrected chi connectivity index (χ3v) is 5.28. The van der Waals surface area contributed by atoms with Gasteiger partial charge in [-0.3, -0.25) is 10.1 Å². The molecule has 176 valence electrons. The zero-order valence-electron chi connectivity index (χ0n) is 18.7. The van der Waals surface area contributed by atoms with Gasteiger partial charge in [-0.05, 0) is 71.8 Å². The average Bonchev–Trinajstić information content (AvgIpc) is 3.67. The van der Waals surface area contributed by atoms with E-state index in [9.17, 15) is 15.4 Å². The number of rotatable bonds is 8. The van der Waals surface area contributed by atoms with Gasteiger partial charge in [-0.1, -0.05) is 0 Å². The summed E-state index contributed by atoms with van der Waals surface area (Å²) in [6.45, 7) is 0.272. The van der Waals surface area contributed by atoms with Gasteiger partial charge in [0.2, 0.25) is 5.88 Å². The number of aliphatic imine (C=N–C) groups is 1. The Morgan fingerprint density at radius 1 is 0.972 bits per heavy atom. The van der Waals surface area contributed by atoms with E-state index in [-0.39, 0.29) is 23.7 Å². The standard InChI is InChI=1S/C27H17N3O6/c28-15-22-25(23-3-1-13-33-23)26(24-4-2-14-34-24)36-27(22)29-16-18-7-11-21(12-8-18)35-17-19-5-9-20(10-6-19)30(31)32/h1-14,16H,17H2. The lowest BCUT2D eigenvalue weighted by Crippen LogP contribution is -1.96. The largest absolute Gasteiger partial charge is 0.489 e. The summed E-state index contributed by atoms with van der Waals surface area (Å²) in [5.41, 5.74) is 2.31. The molecule has 0 saturated heterocycles. The van der Waals surface area contributed by atoms with Crippen molar-refractivity contribution in [3.05, 3.63) is 112 Å². The zero-order chi connectivity index (χ0) is 24.9. The van der Waals surface area contributed by atoms with Crippen molar-refractivity contribution in [1.82, 2.24) is 0 Å². The number of hydrogen-bond acceptors (Lipinski definition) is 8. The second kappa shape index (κ2) is 9.87. The van der Waals surface area contributed by atoms with Gasteiger partial charge in [-0.25, -0.2) is 4.99 Å². The predicted molar refractivity (Wildman–Crippen MR) is 130 cm³/mol. The van der Waals surface area contributed by atoms with E-state index in [0.29, 0.717) is 28.6 Å². The van der Waals surface area contributed by atoms with Crippen LogP contribution in [0.1, 0.15) is 16.7 Å². The van der Waals surface area contributed by atoms with Crippen molar-refractivity contribution >= 4 is 17.8 Å². The van der Waals surface area contributed by atoms with Crippen LogP contribution < -0.4 is 4.74 Å². The molecule has 0 unspecified atom stereocenters. The summed E-state index contributed by atoms with van der Waals surface area (Å²) in [4.78, 5) is 14.7. The molecule has 0 bridgehead atoms. The molecule has 2 aromatic carbocycles. The minimum atomic E-state index is -0.442. The molecular formula is C27H17N3O6. The van der Waals surface area contributed by atoms with Crippen LogP contribution in [0.5, 0.6) is 5.75 Å². The van der Waals surface area contributed by atoms with Crippen molar-refractivity contribution in [2.75, 3.05) is 0 Å². The number of benzene rings is 2. The van der Waals surface area contributed by atoms with E-state index in [1.807, 2.05) is 12.1 Å². The van der Waals surface area contributed by atoms with Crippen molar-refractivity contribution in [3.8, 4) is 34.7 Å². The van der Waals surface area contributed by atoms with Gasteiger partial charge < -0.3 is 18.0 Å². The van der Waals surface area contributed by atoms with Crippen molar-refractivity contribution in [2.24, 2.45) is 4.99 Å². The molecule has 0 spiro atoms. The maximum Gasteiger partial charge on any atom is 0.269 e. The Balaban J connectivity index is 1.33. The highest BCUT2D eigenvalue weighted by molar-refractivity contribution is 5.87. The van der Waals surface area contributed by atoms with E-state index in [1.54, 1.807) is 54.7 Å². The molecule has 0 aliphatic heterocycles. The van der Waals surface area contributed by atoms with E-state index in [4.69, 9.17) is 18.0 Å². The van der Waals surface area contributed by atoms with Crippen LogP contribution in [0.4, 0.5) is 11.6 Å². The number of hydrogen-bond donors (Lipinski definition) is 0. The molecular weight excluding hydrogens is 462 g/mol. The minimum Gasteiger partial charge on any atom is -0.489 e. The first kappa shape index (κ1) is 22.4. The van der Waals surface area contributed by atoms with Gasteiger partial charge in [-0.2, -0.15) is 5.26 Å². The third-order valence-electron chi connectivity index (χ3n) is 5.28. The smallest absolute Gasteiger partial charge is 0.269 e. The summed E-state index contributed by atoms with van der Waals surface area (Å²) < 4.78 is 22.7. The lowest BCUT2D eigenvalue weighted by Gasteiger charge is -2.06. The van der Waals surface area contributed by atoms with E-state index >= 15 is 0 Å². The first-order valence-corrected chi connectivity index (χ1v) is 10.8. The molecule has 0 radical (unpaired) electrons. The summed E-state index contributed by atoms with van der Waals surface area (Å²) in [5.74, 6) is 2.04. The Morgan fingerprint density at radius 2 is 1.67 bits per heavy atom. The van der Waals surface area contributed by atoms with Gasteiger partial charge in [0.1, 0.15) is 29.7 Å². The quantitative estimate of drug-likeness (QED) is 0.134. The molecule has 0 amide bonds. The summed E-state index contributed by atoms with van der Waals surface area (Å²) >= 11 is 0. The molecule has 0 N–H and O–H groups in total. The number of non-ortho nitro benzene ring substituents is 1. The fourth-order valence-corrected chi connectivity index (χ4v) is 3.51. The molecule has 5 rings (SSSR count). The highest BCUT2D eigenvalue weighted by Gasteiger charge is 2.26. The molecule has 0 aliphatic rings. The SMILES string of the molecule is N#Cc1c(N=Cc2ccc(OCc3ccc([N+](=O)[O-])cc3)cc2)oc(-c2ccco2)c1-c1ccco1. The van der Waals surface area contributed by atoms with Gasteiger partial charge in [-0.15, -0.1) is 0 Å². The number of nitro benzene ring substituents is 1. The highest BCUT2D eigenvalue weighted by Crippen LogP contribution is 2.42. The fourth-order valence-electron chi connectivity index (χ4n) is 3.51. The molecule has 0 aliphatic carbocycles. The number of furan rings is 3. The maximum absolute atomic E-state index is 10.8. The van der Waals surface area contributed by atoms with Crippen LogP contribution in [0.3, 0.4) is 0 Å². The molecule has 3 heterocycles. The topological polar surface area (TPSA) is 128 Å². The van der Waals surface area contributed by atoms with Gasteiger partial charge in [0.15, 0.2) is 11.5 Å². The second-order valence-corrected chi connectivity index (χ2v) is 7.59. The first-order chi connectivity index (χ1) is 17.6. The molecule has 9 nitrogen and oxygen atoms in total. The van der Waals surface area contributed by atoms with E-state index in [2.05, 4.69) is 11.1 Å². The Labute approximate surface area is 204 Å². The summed E-state index contributed by atoms with van der Waals surface area (Å²) in [6, 6.07) is 22.5. The lowest BCUT2D eigenvalue weighted by atomic mass is 10.1. The average molecular weight is 479 g/mol. The Morgan fingerprint density at radius 3 is 2.28 bits per heavy atom. The molecule has 36 heavy (non-hydrogen) atoms. The van der Waals surface area contributed by atoms with Gasteiger partial charge in [0, 0.05) is 18.3 Å².